The highest BCUT2D eigenvalue weighted by molar-refractivity contribution is 7.89. The Morgan fingerprint density at radius 3 is 2.00 bits per heavy atom. The van der Waals surface area contributed by atoms with Gasteiger partial charge in [-0.05, 0) is 86.7 Å². The van der Waals surface area contributed by atoms with Crippen LogP contribution < -0.4 is 9.47 Å². The topological polar surface area (TPSA) is 88.5 Å². The molecule has 3 aromatic rings. The Morgan fingerprint density at radius 1 is 0.930 bits per heavy atom. The SMILES string of the molecule is CCOc1cc(OC)c(S(=O)(=O)N2CCCC2)cc1C1=N[C@@](C)(c2ccc(Cl)cc2)[C@@](C)(c2ccc(Cl)cc2)N1C(=O)Cl. The minimum atomic E-state index is -3.94. The number of benzene rings is 3. The summed E-state index contributed by atoms with van der Waals surface area (Å²) in [5.41, 5.74) is -0.575. The molecule has 0 N–H and O–H groups in total. The highest BCUT2D eigenvalue weighted by Crippen LogP contribution is 2.54. The van der Waals surface area contributed by atoms with E-state index in [2.05, 4.69) is 0 Å². The summed E-state index contributed by atoms with van der Waals surface area (Å²) >= 11 is 18.9. The molecule has 0 bridgehead atoms. The number of rotatable bonds is 8. The number of carbonyl (C=O) groups is 1. The van der Waals surface area contributed by atoms with Crippen molar-refractivity contribution in [1.29, 1.82) is 0 Å². The molecule has 3 aromatic carbocycles. The Bertz CT molecular complexity index is 1680. The lowest BCUT2D eigenvalue weighted by Crippen LogP contribution is -2.53. The highest BCUT2D eigenvalue weighted by Gasteiger charge is 2.59. The zero-order valence-electron chi connectivity index (χ0n) is 24.2. The average Bonchev–Trinajstić information content (AvgIpc) is 3.60. The van der Waals surface area contributed by atoms with Gasteiger partial charge in [0.1, 0.15) is 33.3 Å². The number of halogens is 3. The normalized spacial score (nSPS) is 22.5. The van der Waals surface area contributed by atoms with E-state index in [-0.39, 0.29) is 28.7 Å². The summed E-state index contributed by atoms with van der Waals surface area (Å²) in [5.74, 6) is 0.571. The van der Waals surface area contributed by atoms with Crippen LogP contribution in [0, 0.1) is 0 Å². The van der Waals surface area contributed by atoms with Crippen molar-refractivity contribution in [2.75, 3.05) is 26.8 Å². The average molecular weight is 665 g/mol. The quantitative estimate of drug-likeness (QED) is 0.185. The number of hydrogen-bond acceptors (Lipinski definition) is 6. The van der Waals surface area contributed by atoms with E-state index in [4.69, 9.17) is 49.3 Å². The Kier molecular flexibility index (Phi) is 8.77. The second-order valence-corrected chi connectivity index (χ2v) is 13.8. The van der Waals surface area contributed by atoms with Crippen LogP contribution in [-0.2, 0) is 21.1 Å². The van der Waals surface area contributed by atoms with Crippen LogP contribution in [0.1, 0.15) is 50.3 Å². The number of amidine groups is 1. The molecule has 2 aliphatic heterocycles. The number of amides is 1. The van der Waals surface area contributed by atoms with Crippen LogP contribution >= 0.6 is 34.8 Å². The first-order chi connectivity index (χ1) is 20.4. The minimum absolute atomic E-state index is 0.0479. The van der Waals surface area contributed by atoms with Gasteiger partial charge in [-0.25, -0.2) is 8.42 Å². The maximum atomic E-state index is 13.9. The van der Waals surface area contributed by atoms with Gasteiger partial charge in [-0.2, -0.15) is 4.31 Å². The van der Waals surface area contributed by atoms with Crippen molar-refractivity contribution in [3.63, 3.8) is 0 Å². The summed E-state index contributed by atoms with van der Waals surface area (Å²) in [7, 11) is -2.53. The third kappa shape index (κ3) is 5.29. The standard InChI is InChI=1S/C31H32Cl3N3O5S/c1-5-42-25-19-26(41-4)27(43(39,40)36-16-6-7-17-36)18-24(25)28-35-30(2,20-8-12-22(32)13-9-20)31(3,37(28)29(34)38)21-10-14-23(33)15-11-21/h8-15,18-19H,5-7,16-17H2,1-4H3/t30-,31+/m0/s1. The lowest BCUT2D eigenvalue weighted by Gasteiger charge is -2.44. The third-order valence-corrected chi connectivity index (χ3v) is 11.0. The fraction of sp³-hybridized carbons (Fsp3) is 0.355. The minimum Gasteiger partial charge on any atom is -0.495 e. The Hall–Kier alpha value is -2.82. The Labute approximate surface area is 267 Å². The Balaban J connectivity index is 1.83. The van der Waals surface area contributed by atoms with E-state index in [1.165, 1.54) is 28.4 Å². The van der Waals surface area contributed by atoms with Crippen molar-refractivity contribution in [2.24, 2.45) is 4.99 Å². The predicted octanol–water partition coefficient (Wildman–Crippen LogP) is 7.44. The molecular weight excluding hydrogens is 633 g/mol. The molecule has 1 saturated heterocycles. The van der Waals surface area contributed by atoms with Crippen molar-refractivity contribution < 1.29 is 22.7 Å². The molecule has 12 heteroatoms. The van der Waals surface area contributed by atoms with E-state index < -0.39 is 26.5 Å². The number of nitrogens with zero attached hydrogens (tertiary/aromatic N) is 3. The molecule has 1 fully saturated rings. The fourth-order valence-electron chi connectivity index (χ4n) is 5.96. The molecule has 2 heterocycles. The van der Waals surface area contributed by atoms with Crippen LogP contribution in [0.2, 0.25) is 10.0 Å². The monoisotopic (exact) mass is 663 g/mol. The van der Waals surface area contributed by atoms with E-state index in [0.717, 1.165) is 18.4 Å². The van der Waals surface area contributed by atoms with E-state index >= 15 is 0 Å². The maximum Gasteiger partial charge on any atom is 0.322 e. The third-order valence-electron chi connectivity index (χ3n) is 8.41. The number of ether oxygens (including phenoxy) is 2. The van der Waals surface area contributed by atoms with Gasteiger partial charge in [0.05, 0.1) is 19.3 Å². The molecule has 0 aliphatic carbocycles. The molecule has 0 spiro atoms. The van der Waals surface area contributed by atoms with Crippen molar-refractivity contribution in [2.45, 2.75) is 49.6 Å². The van der Waals surface area contributed by atoms with Gasteiger partial charge < -0.3 is 9.47 Å². The summed E-state index contributed by atoms with van der Waals surface area (Å²) in [5, 5.41) is 0.253. The molecule has 228 valence electrons. The van der Waals surface area contributed by atoms with Gasteiger partial charge in [-0.15, -0.1) is 0 Å². The predicted molar refractivity (Wildman–Crippen MR) is 169 cm³/mol. The molecule has 0 radical (unpaired) electrons. The molecular formula is C31H32Cl3N3O5S. The number of carbonyl (C=O) groups excluding carboxylic acids is 1. The number of sulfonamides is 1. The highest BCUT2D eigenvalue weighted by atomic mass is 35.5. The van der Waals surface area contributed by atoms with E-state index in [0.29, 0.717) is 34.4 Å². The first-order valence-electron chi connectivity index (χ1n) is 13.9. The molecule has 8 nitrogen and oxygen atoms in total. The lowest BCUT2D eigenvalue weighted by molar-refractivity contribution is 0.149. The lowest BCUT2D eigenvalue weighted by atomic mass is 9.71. The molecule has 2 atom stereocenters. The number of aliphatic imine (C=N–C) groups is 1. The van der Waals surface area contributed by atoms with Crippen molar-refractivity contribution >= 4 is 56.0 Å². The molecule has 5 rings (SSSR count). The van der Waals surface area contributed by atoms with Crippen LogP contribution in [0.3, 0.4) is 0 Å². The molecule has 1 amide bonds. The summed E-state index contributed by atoms with van der Waals surface area (Å²) in [6, 6.07) is 17.3. The van der Waals surface area contributed by atoms with E-state index in [9.17, 15) is 13.2 Å². The summed E-state index contributed by atoms with van der Waals surface area (Å²) in [6.45, 7) is 6.65. The number of hydrogen-bond donors (Lipinski definition) is 0. The molecule has 43 heavy (non-hydrogen) atoms. The van der Waals surface area contributed by atoms with Gasteiger partial charge in [-0.3, -0.25) is 14.7 Å². The van der Waals surface area contributed by atoms with Gasteiger partial charge in [0.25, 0.3) is 0 Å². The Morgan fingerprint density at radius 2 is 1.49 bits per heavy atom. The molecule has 2 aliphatic rings. The van der Waals surface area contributed by atoms with Gasteiger partial charge in [0, 0.05) is 29.2 Å². The molecule has 0 unspecified atom stereocenters. The fourth-order valence-corrected chi connectivity index (χ4v) is 8.15. The zero-order valence-corrected chi connectivity index (χ0v) is 27.3. The number of methoxy groups -OCH3 is 1. The van der Waals surface area contributed by atoms with E-state index in [1.807, 2.05) is 45.0 Å². The van der Waals surface area contributed by atoms with E-state index in [1.54, 1.807) is 24.3 Å². The first kappa shape index (κ1) is 31.6. The largest absolute Gasteiger partial charge is 0.495 e. The zero-order chi connectivity index (χ0) is 31.2. The molecule has 0 aromatic heterocycles. The van der Waals surface area contributed by atoms with Crippen LogP contribution in [0.25, 0.3) is 0 Å². The second-order valence-electron chi connectivity index (χ2n) is 10.7. The maximum absolute atomic E-state index is 13.9. The van der Waals surface area contributed by atoms with Gasteiger partial charge >= 0.3 is 5.37 Å². The van der Waals surface area contributed by atoms with Crippen LogP contribution in [-0.4, -0.2) is 55.6 Å². The van der Waals surface area contributed by atoms with Crippen molar-refractivity contribution in [3.8, 4) is 11.5 Å². The first-order valence-corrected chi connectivity index (χ1v) is 16.4. The smallest absolute Gasteiger partial charge is 0.322 e. The van der Waals surface area contributed by atoms with Gasteiger partial charge in [-0.1, -0.05) is 47.5 Å². The van der Waals surface area contributed by atoms with Crippen LogP contribution in [0.15, 0.2) is 70.6 Å². The van der Waals surface area contributed by atoms with Crippen LogP contribution in [0.5, 0.6) is 11.5 Å². The summed E-state index contributed by atoms with van der Waals surface area (Å²) in [6.07, 6.45) is 1.54. The van der Waals surface area contributed by atoms with Crippen molar-refractivity contribution in [3.05, 3.63) is 87.4 Å². The second kappa shape index (κ2) is 11.9. The van der Waals surface area contributed by atoms with Gasteiger partial charge in [0.15, 0.2) is 0 Å². The summed E-state index contributed by atoms with van der Waals surface area (Å²) < 4.78 is 40.7. The van der Waals surface area contributed by atoms with Gasteiger partial charge in [0.2, 0.25) is 10.0 Å². The van der Waals surface area contributed by atoms with Crippen LogP contribution in [0.4, 0.5) is 4.79 Å². The van der Waals surface area contributed by atoms with Crippen molar-refractivity contribution in [1.82, 2.24) is 9.21 Å². The summed E-state index contributed by atoms with van der Waals surface area (Å²) in [4.78, 5) is 20.1. The molecule has 0 saturated carbocycles.